The van der Waals surface area contributed by atoms with Crippen molar-refractivity contribution in [1.82, 2.24) is 0 Å². The number of ether oxygens (including phenoxy) is 2. The monoisotopic (exact) mass is 440 g/mol. The van der Waals surface area contributed by atoms with Crippen LogP contribution in [0.5, 0.6) is 11.5 Å². The van der Waals surface area contributed by atoms with Crippen molar-refractivity contribution in [3.63, 3.8) is 0 Å². The van der Waals surface area contributed by atoms with E-state index in [-0.39, 0.29) is 0 Å². The first-order valence-corrected chi connectivity index (χ1v) is 13.5. The van der Waals surface area contributed by atoms with Gasteiger partial charge >= 0.3 is 0 Å². The molecular formula is C30H48O2. The standard InChI is InChI=1S/C30H48O2/c1-5-7-9-11-13-15-19-23-31-29-25(3)26(4)30(28-22-18-17-21-27(28)29)32-24-20-16-14-12-10-8-6-2/h17-18,21-22H,5-16,19-20,23-24H2,1-4H3. The number of hydrogen-bond donors (Lipinski definition) is 0. The van der Waals surface area contributed by atoms with Crippen molar-refractivity contribution < 1.29 is 9.47 Å². The molecule has 0 N–H and O–H groups in total. The molecule has 0 aliphatic heterocycles. The first kappa shape index (κ1) is 26.6. The topological polar surface area (TPSA) is 18.5 Å². The Morgan fingerprint density at radius 2 is 0.844 bits per heavy atom. The highest BCUT2D eigenvalue weighted by molar-refractivity contribution is 5.95. The molecular weight excluding hydrogens is 392 g/mol. The van der Waals surface area contributed by atoms with Crippen LogP contribution in [-0.2, 0) is 0 Å². The maximum atomic E-state index is 6.35. The smallest absolute Gasteiger partial charge is 0.130 e. The molecule has 180 valence electrons. The van der Waals surface area contributed by atoms with Gasteiger partial charge in [-0.1, -0.05) is 115 Å². The van der Waals surface area contributed by atoms with E-state index in [2.05, 4.69) is 52.0 Å². The largest absolute Gasteiger partial charge is 0.493 e. The maximum Gasteiger partial charge on any atom is 0.130 e. The van der Waals surface area contributed by atoms with Gasteiger partial charge in [0.2, 0.25) is 0 Å². The Bertz CT molecular complexity index is 701. The minimum atomic E-state index is 0.802. The average Bonchev–Trinajstić information content (AvgIpc) is 2.81. The molecule has 32 heavy (non-hydrogen) atoms. The van der Waals surface area contributed by atoms with E-state index in [9.17, 15) is 0 Å². The first-order valence-electron chi connectivity index (χ1n) is 13.5. The summed E-state index contributed by atoms with van der Waals surface area (Å²) in [5.41, 5.74) is 2.45. The van der Waals surface area contributed by atoms with E-state index in [0.717, 1.165) is 37.6 Å². The van der Waals surface area contributed by atoms with Gasteiger partial charge in [-0.25, -0.2) is 0 Å². The van der Waals surface area contributed by atoms with Crippen LogP contribution in [0.4, 0.5) is 0 Å². The van der Waals surface area contributed by atoms with E-state index in [0.29, 0.717) is 0 Å². The zero-order valence-electron chi connectivity index (χ0n) is 21.4. The third kappa shape index (κ3) is 8.68. The number of hydrogen-bond acceptors (Lipinski definition) is 2. The van der Waals surface area contributed by atoms with E-state index in [4.69, 9.17) is 9.47 Å². The maximum absolute atomic E-state index is 6.35. The van der Waals surface area contributed by atoms with E-state index < -0.39 is 0 Å². The number of rotatable bonds is 18. The van der Waals surface area contributed by atoms with Gasteiger partial charge < -0.3 is 9.47 Å². The molecule has 2 aromatic carbocycles. The Labute approximate surface area is 198 Å². The number of benzene rings is 2. The van der Waals surface area contributed by atoms with Crippen molar-refractivity contribution in [2.75, 3.05) is 13.2 Å². The van der Waals surface area contributed by atoms with Crippen molar-refractivity contribution in [2.24, 2.45) is 0 Å². The summed E-state index contributed by atoms with van der Waals surface area (Å²) in [7, 11) is 0. The molecule has 0 spiro atoms. The van der Waals surface area contributed by atoms with E-state index in [1.807, 2.05) is 0 Å². The molecule has 0 unspecified atom stereocenters. The Hall–Kier alpha value is -1.70. The quantitative estimate of drug-likeness (QED) is 0.215. The highest BCUT2D eigenvalue weighted by Crippen LogP contribution is 2.40. The Morgan fingerprint density at radius 1 is 0.500 bits per heavy atom. The Balaban J connectivity index is 1.91. The van der Waals surface area contributed by atoms with Gasteiger partial charge in [0, 0.05) is 10.8 Å². The van der Waals surface area contributed by atoms with E-state index in [1.54, 1.807) is 0 Å². The molecule has 0 fully saturated rings. The first-order chi connectivity index (χ1) is 15.7. The molecule has 0 bridgehead atoms. The molecule has 0 amide bonds. The number of fused-ring (bicyclic) bond motifs is 1. The van der Waals surface area contributed by atoms with Gasteiger partial charge in [-0.3, -0.25) is 0 Å². The molecule has 0 radical (unpaired) electrons. The molecule has 0 heterocycles. The van der Waals surface area contributed by atoms with Gasteiger partial charge in [0.1, 0.15) is 11.5 Å². The van der Waals surface area contributed by atoms with Gasteiger partial charge in [0.05, 0.1) is 13.2 Å². The highest BCUT2D eigenvalue weighted by Gasteiger charge is 2.16. The van der Waals surface area contributed by atoms with Crippen molar-refractivity contribution in [3.05, 3.63) is 35.4 Å². The summed E-state index contributed by atoms with van der Waals surface area (Å²) in [6.07, 6.45) is 18.3. The van der Waals surface area contributed by atoms with Crippen LogP contribution in [0.15, 0.2) is 24.3 Å². The molecule has 0 saturated carbocycles. The fraction of sp³-hybridized carbons (Fsp3) is 0.667. The van der Waals surface area contributed by atoms with Gasteiger partial charge in [0.25, 0.3) is 0 Å². The third-order valence-electron chi connectivity index (χ3n) is 6.65. The van der Waals surface area contributed by atoms with Gasteiger partial charge in [-0.15, -0.1) is 0 Å². The molecule has 0 aromatic heterocycles. The SMILES string of the molecule is CCCCCCCCCOc1c(C)c(C)c(OCCCCCCCCC)c2ccccc12. The minimum absolute atomic E-state index is 0.802. The number of unbranched alkanes of at least 4 members (excludes halogenated alkanes) is 12. The summed E-state index contributed by atoms with van der Waals surface area (Å²) in [6.45, 7) is 10.5. The highest BCUT2D eigenvalue weighted by atomic mass is 16.5. The van der Waals surface area contributed by atoms with Crippen molar-refractivity contribution in [1.29, 1.82) is 0 Å². The lowest BCUT2D eigenvalue weighted by atomic mass is 9.99. The second-order valence-corrected chi connectivity index (χ2v) is 9.39. The van der Waals surface area contributed by atoms with Crippen molar-refractivity contribution >= 4 is 10.8 Å². The molecule has 2 heteroatoms. The molecule has 2 rings (SSSR count). The summed E-state index contributed by atoms with van der Waals surface area (Å²) in [6, 6.07) is 8.58. The Morgan fingerprint density at radius 3 is 1.22 bits per heavy atom. The molecule has 0 aliphatic rings. The summed E-state index contributed by atoms with van der Waals surface area (Å²) in [5.74, 6) is 2.10. The molecule has 2 aromatic rings. The lowest BCUT2D eigenvalue weighted by molar-refractivity contribution is 0.298. The third-order valence-corrected chi connectivity index (χ3v) is 6.65. The lowest BCUT2D eigenvalue weighted by Crippen LogP contribution is -2.05. The fourth-order valence-corrected chi connectivity index (χ4v) is 4.46. The van der Waals surface area contributed by atoms with E-state index in [1.165, 1.54) is 98.9 Å². The van der Waals surface area contributed by atoms with Gasteiger partial charge in [-0.2, -0.15) is 0 Å². The van der Waals surface area contributed by atoms with Crippen LogP contribution in [0, 0.1) is 13.8 Å². The van der Waals surface area contributed by atoms with Crippen LogP contribution >= 0.6 is 0 Å². The molecule has 0 saturated heterocycles. The molecule has 0 aliphatic carbocycles. The van der Waals surface area contributed by atoms with Crippen LogP contribution in [-0.4, -0.2) is 13.2 Å². The Kier molecular flexibility index (Phi) is 13.3. The summed E-state index contributed by atoms with van der Waals surface area (Å²) >= 11 is 0. The van der Waals surface area contributed by atoms with Gasteiger partial charge in [0.15, 0.2) is 0 Å². The normalized spacial score (nSPS) is 11.2. The molecule has 2 nitrogen and oxygen atoms in total. The summed E-state index contributed by atoms with van der Waals surface area (Å²) in [4.78, 5) is 0. The average molecular weight is 441 g/mol. The van der Waals surface area contributed by atoms with Crippen LogP contribution in [0.1, 0.15) is 115 Å². The van der Waals surface area contributed by atoms with Gasteiger partial charge in [-0.05, 0) is 37.8 Å². The van der Waals surface area contributed by atoms with Crippen LogP contribution in [0.2, 0.25) is 0 Å². The van der Waals surface area contributed by atoms with E-state index >= 15 is 0 Å². The molecule has 0 atom stereocenters. The summed E-state index contributed by atoms with van der Waals surface area (Å²) in [5, 5.41) is 2.38. The van der Waals surface area contributed by atoms with Crippen LogP contribution in [0.3, 0.4) is 0 Å². The predicted octanol–water partition coefficient (Wildman–Crippen LogP) is 9.72. The van der Waals surface area contributed by atoms with Crippen molar-refractivity contribution in [2.45, 2.75) is 118 Å². The van der Waals surface area contributed by atoms with Crippen LogP contribution in [0.25, 0.3) is 10.8 Å². The van der Waals surface area contributed by atoms with Crippen molar-refractivity contribution in [3.8, 4) is 11.5 Å². The predicted molar refractivity (Wildman–Crippen MR) is 140 cm³/mol. The summed E-state index contributed by atoms with van der Waals surface area (Å²) < 4.78 is 12.7. The zero-order valence-corrected chi connectivity index (χ0v) is 21.4. The lowest BCUT2D eigenvalue weighted by Gasteiger charge is -2.19. The zero-order chi connectivity index (χ0) is 23.0. The second-order valence-electron chi connectivity index (χ2n) is 9.39. The minimum Gasteiger partial charge on any atom is -0.493 e. The van der Waals surface area contributed by atoms with Crippen LogP contribution < -0.4 is 9.47 Å². The fourth-order valence-electron chi connectivity index (χ4n) is 4.46. The second kappa shape index (κ2) is 16.0.